The average Bonchev–Trinajstić information content (AvgIpc) is 3.31. The molecule has 0 fully saturated rings. The first-order valence-electron chi connectivity index (χ1n) is 10.1. The summed E-state index contributed by atoms with van der Waals surface area (Å²) in [6.07, 6.45) is 0. The third kappa shape index (κ3) is 2.12. The minimum absolute atomic E-state index is 0.918. The van der Waals surface area contributed by atoms with Crippen LogP contribution in [-0.4, -0.2) is 0 Å². The molecular formula is C28H15BrO. The summed E-state index contributed by atoms with van der Waals surface area (Å²) in [5.41, 5.74) is 9.64. The molecule has 5 aromatic carbocycles. The summed E-state index contributed by atoms with van der Waals surface area (Å²) in [6, 6.07) is 32.6. The summed E-state index contributed by atoms with van der Waals surface area (Å²) in [5, 5.41) is 4.94. The lowest BCUT2D eigenvalue weighted by atomic mass is 9.93. The third-order valence-corrected chi connectivity index (χ3v) is 6.78. The van der Waals surface area contributed by atoms with Gasteiger partial charge in [0.05, 0.1) is 0 Å². The molecule has 0 radical (unpaired) electrons. The highest BCUT2D eigenvalue weighted by molar-refractivity contribution is 9.10. The molecule has 1 heterocycles. The van der Waals surface area contributed by atoms with Crippen molar-refractivity contribution >= 4 is 48.6 Å². The van der Waals surface area contributed by atoms with Crippen LogP contribution in [0.3, 0.4) is 0 Å². The van der Waals surface area contributed by atoms with Crippen molar-refractivity contribution in [1.82, 2.24) is 0 Å². The minimum atomic E-state index is 0.918. The van der Waals surface area contributed by atoms with Crippen LogP contribution >= 0.6 is 15.9 Å². The van der Waals surface area contributed by atoms with Gasteiger partial charge in [-0.1, -0.05) is 76.6 Å². The number of hydrogen-bond acceptors (Lipinski definition) is 1. The predicted octanol–water partition coefficient (Wildman–Crippen LogP) is 8.82. The lowest BCUT2D eigenvalue weighted by Crippen LogP contribution is -1.83. The minimum Gasteiger partial charge on any atom is -0.456 e. The Hall–Kier alpha value is -3.36. The van der Waals surface area contributed by atoms with Gasteiger partial charge in [-0.05, 0) is 74.5 Å². The molecule has 0 saturated carbocycles. The van der Waals surface area contributed by atoms with E-state index in [0.29, 0.717) is 0 Å². The zero-order chi connectivity index (χ0) is 19.8. The lowest BCUT2D eigenvalue weighted by molar-refractivity contribution is 0.669. The largest absolute Gasteiger partial charge is 0.456 e. The first-order valence-corrected chi connectivity index (χ1v) is 10.8. The predicted molar refractivity (Wildman–Crippen MR) is 129 cm³/mol. The number of fused-ring (bicyclic) bond motifs is 6. The maximum atomic E-state index is 6.06. The number of rotatable bonds is 1. The Kier molecular flexibility index (Phi) is 3.20. The Morgan fingerprint density at radius 1 is 0.500 bits per heavy atom. The third-order valence-electron chi connectivity index (χ3n) is 6.29. The number of benzene rings is 5. The van der Waals surface area contributed by atoms with Gasteiger partial charge < -0.3 is 4.42 Å². The van der Waals surface area contributed by atoms with Gasteiger partial charge in [-0.25, -0.2) is 0 Å². The molecule has 6 aromatic rings. The summed E-state index contributed by atoms with van der Waals surface area (Å²) < 4.78 is 7.12. The van der Waals surface area contributed by atoms with Gasteiger partial charge in [-0.3, -0.25) is 0 Å². The first kappa shape index (κ1) is 16.4. The maximum absolute atomic E-state index is 6.06. The van der Waals surface area contributed by atoms with Crippen LogP contribution in [0, 0.1) is 0 Å². The first-order chi connectivity index (χ1) is 14.8. The van der Waals surface area contributed by atoms with E-state index in [1.54, 1.807) is 0 Å². The van der Waals surface area contributed by atoms with Crippen molar-refractivity contribution in [3.8, 4) is 33.4 Å². The molecule has 140 valence electrons. The van der Waals surface area contributed by atoms with E-state index in [1.165, 1.54) is 44.2 Å². The molecule has 1 aliphatic rings. The Morgan fingerprint density at radius 3 is 2.00 bits per heavy atom. The quantitative estimate of drug-likeness (QED) is 0.245. The van der Waals surface area contributed by atoms with Crippen molar-refractivity contribution in [2.75, 3.05) is 0 Å². The molecule has 30 heavy (non-hydrogen) atoms. The van der Waals surface area contributed by atoms with Crippen molar-refractivity contribution < 1.29 is 4.42 Å². The molecule has 0 N–H and O–H groups in total. The Labute approximate surface area is 181 Å². The summed E-state index contributed by atoms with van der Waals surface area (Å²) in [4.78, 5) is 0. The van der Waals surface area contributed by atoms with Crippen molar-refractivity contribution in [3.63, 3.8) is 0 Å². The van der Waals surface area contributed by atoms with E-state index in [-0.39, 0.29) is 0 Å². The van der Waals surface area contributed by atoms with Gasteiger partial charge in [0.15, 0.2) is 0 Å². The van der Waals surface area contributed by atoms with Gasteiger partial charge in [0.2, 0.25) is 0 Å². The lowest BCUT2D eigenvalue weighted by Gasteiger charge is -2.10. The van der Waals surface area contributed by atoms with Crippen LogP contribution in [0.2, 0.25) is 0 Å². The molecule has 7 rings (SSSR count). The molecule has 0 saturated heterocycles. The SMILES string of the molecule is Brc1ccc2oc3ccc(-c4ccc5c6c(cccc46)-c4ccccc4-5)cc3c2c1. The van der Waals surface area contributed by atoms with Crippen LogP contribution in [0.1, 0.15) is 0 Å². The maximum Gasteiger partial charge on any atom is 0.135 e. The number of halogens is 1. The molecule has 0 spiro atoms. The molecule has 0 bridgehead atoms. The molecule has 2 heteroatoms. The zero-order valence-corrected chi connectivity index (χ0v) is 17.5. The second kappa shape index (κ2) is 5.84. The highest BCUT2D eigenvalue weighted by Crippen LogP contribution is 2.49. The van der Waals surface area contributed by atoms with E-state index in [0.717, 1.165) is 26.4 Å². The molecule has 1 aromatic heterocycles. The van der Waals surface area contributed by atoms with Gasteiger partial charge in [-0.15, -0.1) is 0 Å². The molecule has 1 nitrogen and oxygen atoms in total. The van der Waals surface area contributed by atoms with Gasteiger partial charge in [-0.2, -0.15) is 0 Å². The smallest absolute Gasteiger partial charge is 0.135 e. The van der Waals surface area contributed by atoms with Crippen molar-refractivity contribution in [1.29, 1.82) is 0 Å². The van der Waals surface area contributed by atoms with Gasteiger partial charge in [0, 0.05) is 15.2 Å². The molecule has 0 unspecified atom stereocenters. The van der Waals surface area contributed by atoms with E-state index in [1.807, 2.05) is 12.1 Å². The summed E-state index contributed by atoms with van der Waals surface area (Å²) in [7, 11) is 0. The van der Waals surface area contributed by atoms with E-state index >= 15 is 0 Å². The summed E-state index contributed by atoms with van der Waals surface area (Å²) >= 11 is 3.59. The van der Waals surface area contributed by atoms with Crippen molar-refractivity contribution in [2.45, 2.75) is 0 Å². The van der Waals surface area contributed by atoms with E-state index in [9.17, 15) is 0 Å². The van der Waals surface area contributed by atoms with Crippen LogP contribution in [0.15, 0.2) is 99.9 Å². The molecule has 0 amide bonds. The Bertz CT molecular complexity index is 1630. The van der Waals surface area contributed by atoms with Gasteiger partial charge in [0.25, 0.3) is 0 Å². The van der Waals surface area contributed by atoms with Crippen LogP contribution in [0.5, 0.6) is 0 Å². The fourth-order valence-electron chi connectivity index (χ4n) is 4.98. The standard InChI is InChI=1S/C28H15BrO/c29-17-9-13-27-25(15-17)24-14-16(8-12-26(24)30-27)18-10-11-23-20-5-2-1-4-19(20)22-7-3-6-21(18)28(22)23/h1-15H. The molecule has 0 atom stereocenters. The van der Waals surface area contributed by atoms with Crippen molar-refractivity contribution in [3.05, 3.63) is 95.5 Å². The topological polar surface area (TPSA) is 13.1 Å². The second-order valence-electron chi connectivity index (χ2n) is 7.89. The summed E-state index contributed by atoms with van der Waals surface area (Å²) in [5.74, 6) is 0. The van der Waals surface area contributed by atoms with Crippen LogP contribution in [-0.2, 0) is 0 Å². The Morgan fingerprint density at radius 2 is 1.17 bits per heavy atom. The van der Waals surface area contributed by atoms with Gasteiger partial charge in [0.1, 0.15) is 11.2 Å². The molecule has 1 aliphatic carbocycles. The fourth-order valence-corrected chi connectivity index (χ4v) is 5.34. The molecular weight excluding hydrogens is 432 g/mol. The van der Waals surface area contributed by atoms with Gasteiger partial charge >= 0.3 is 0 Å². The number of hydrogen-bond donors (Lipinski definition) is 0. The zero-order valence-electron chi connectivity index (χ0n) is 15.9. The second-order valence-corrected chi connectivity index (χ2v) is 8.80. The van der Waals surface area contributed by atoms with E-state index in [2.05, 4.69) is 94.8 Å². The monoisotopic (exact) mass is 446 g/mol. The number of furan rings is 1. The average molecular weight is 447 g/mol. The van der Waals surface area contributed by atoms with E-state index in [4.69, 9.17) is 4.42 Å². The Balaban J connectivity index is 1.53. The highest BCUT2D eigenvalue weighted by Gasteiger charge is 2.22. The van der Waals surface area contributed by atoms with E-state index < -0.39 is 0 Å². The van der Waals surface area contributed by atoms with Crippen molar-refractivity contribution in [2.24, 2.45) is 0 Å². The van der Waals surface area contributed by atoms with Crippen LogP contribution in [0.4, 0.5) is 0 Å². The van der Waals surface area contributed by atoms with Crippen LogP contribution < -0.4 is 0 Å². The normalized spacial score (nSPS) is 12.2. The molecule has 0 aliphatic heterocycles. The summed E-state index contributed by atoms with van der Waals surface area (Å²) in [6.45, 7) is 0. The highest BCUT2D eigenvalue weighted by atomic mass is 79.9. The van der Waals surface area contributed by atoms with Crippen LogP contribution in [0.25, 0.3) is 66.1 Å². The fraction of sp³-hybridized carbons (Fsp3) is 0.